The fraction of sp³-hybridized carbons (Fsp3) is 0.556. The zero-order chi connectivity index (χ0) is 13.3. The fourth-order valence-corrected chi connectivity index (χ4v) is 1.81. The van der Waals surface area contributed by atoms with Gasteiger partial charge in [0.1, 0.15) is 0 Å². The van der Waals surface area contributed by atoms with Gasteiger partial charge in [-0.3, -0.25) is 0 Å². The Balaban J connectivity index is 0. The first-order chi connectivity index (χ1) is 8.91. The molecular weight excluding hydrogens is 239 g/mol. The van der Waals surface area contributed by atoms with E-state index in [9.17, 15) is 0 Å². The van der Waals surface area contributed by atoms with E-state index >= 15 is 0 Å². The first-order valence-corrected chi connectivity index (χ1v) is 7.52. The fourth-order valence-electron chi connectivity index (χ4n) is 1.81. The third kappa shape index (κ3) is 20.4. The normalized spacial score (nSPS) is 8.89. The summed E-state index contributed by atoms with van der Waals surface area (Å²) >= 11 is 0. The molecule has 1 aromatic carbocycles. The second-order valence-corrected chi connectivity index (χ2v) is 4.71. The number of allylic oxidation sites excluding steroid dienone is 1. The van der Waals surface area contributed by atoms with Gasteiger partial charge in [0.05, 0.1) is 0 Å². The second kappa shape index (κ2) is 20.3. The molecule has 0 spiro atoms. The molecule has 0 saturated carbocycles. The quantitative estimate of drug-likeness (QED) is 0.292. The van der Waals surface area contributed by atoms with E-state index < -0.39 is 0 Å². The minimum atomic E-state index is 0. The van der Waals surface area contributed by atoms with Gasteiger partial charge in [0.25, 0.3) is 0 Å². The van der Waals surface area contributed by atoms with Crippen molar-refractivity contribution < 1.29 is 0 Å². The third-order valence-corrected chi connectivity index (χ3v) is 2.93. The van der Waals surface area contributed by atoms with E-state index in [2.05, 4.69) is 13.5 Å². The van der Waals surface area contributed by atoms with Gasteiger partial charge in [0, 0.05) is 29.6 Å². The Morgan fingerprint density at radius 2 is 1.05 bits per heavy atom. The first kappa shape index (κ1) is 21.3. The van der Waals surface area contributed by atoms with Crippen LogP contribution in [-0.2, 0) is 0 Å². The molecule has 0 unspecified atom stereocenters. The minimum Gasteiger partial charge on any atom is -0.103 e. The van der Waals surface area contributed by atoms with Crippen molar-refractivity contribution in [3.63, 3.8) is 0 Å². The summed E-state index contributed by atoms with van der Waals surface area (Å²) in [6.07, 6.45) is 14.5. The summed E-state index contributed by atoms with van der Waals surface area (Å²) in [6, 6.07) is 12.0. The third-order valence-electron chi connectivity index (χ3n) is 2.93. The summed E-state index contributed by atoms with van der Waals surface area (Å²) in [5.74, 6) is 0. The van der Waals surface area contributed by atoms with Gasteiger partial charge in [0.2, 0.25) is 0 Å². The summed E-state index contributed by atoms with van der Waals surface area (Å²) in [6.45, 7) is 5.99. The van der Waals surface area contributed by atoms with Crippen LogP contribution in [0.5, 0.6) is 0 Å². The van der Waals surface area contributed by atoms with Gasteiger partial charge in [0.15, 0.2) is 0 Å². The molecule has 0 atom stereocenters. The van der Waals surface area contributed by atoms with Gasteiger partial charge in [-0.2, -0.15) is 0 Å². The monoisotopic (exact) mass is 269 g/mol. The molecule has 0 nitrogen and oxygen atoms in total. The van der Waals surface area contributed by atoms with E-state index in [-0.39, 0.29) is 29.6 Å². The van der Waals surface area contributed by atoms with Gasteiger partial charge < -0.3 is 0 Å². The van der Waals surface area contributed by atoms with Crippen LogP contribution < -0.4 is 0 Å². The average Bonchev–Trinajstić information content (AvgIpc) is 2.44. The van der Waals surface area contributed by atoms with Gasteiger partial charge >= 0.3 is 0 Å². The van der Waals surface area contributed by atoms with Gasteiger partial charge in [-0.25, -0.2) is 0 Å². The Morgan fingerprint density at radius 1 is 0.684 bits per heavy atom. The van der Waals surface area contributed by atoms with E-state index in [1.807, 2.05) is 42.5 Å². The van der Waals surface area contributed by atoms with Crippen LogP contribution in [-0.4, -0.2) is 29.6 Å². The van der Waals surface area contributed by atoms with Gasteiger partial charge in [-0.05, 0) is 12.8 Å². The molecule has 0 aliphatic heterocycles. The molecule has 0 bridgehead atoms. The summed E-state index contributed by atoms with van der Waals surface area (Å²) < 4.78 is 0. The van der Waals surface area contributed by atoms with Crippen LogP contribution in [0.1, 0.15) is 64.7 Å². The largest absolute Gasteiger partial charge is 0.103 e. The first-order valence-electron chi connectivity index (χ1n) is 7.52. The van der Waals surface area contributed by atoms with Crippen molar-refractivity contribution in [1.82, 2.24) is 0 Å². The topological polar surface area (TPSA) is 0 Å². The van der Waals surface area contributed by atoms with Gasteiger partial charge in [-0.15, -0.1) is 6.58 Å². The Kier molecular flexibility index (Phi) is 22.7. The molecule has 103 valence electrons. The van der Waals surface area contributed by atoms with Crippen LogP contribution in [0.25, 0.3) is 0 Å². The number of benzene rings is 1. The molecule has 0 aliphatic carbocycles. The Hall–Kier alpha value is -0.0400. The second-order valence-electron chi connectivity index (χ2n) is 4.71. The predicted molar refractivity (Wildman–Crippen MR) is 89.6 cm³/mol. The molecule has 1 heteroatoms. The average molecular weight is 269 g/mol. The molecule has 0 aliphatic rings. The Morgan fingerprint density at radius 3 is 1.42 bits per heavy atom. The van der Waals surface area contributed by atoms with Crippen molar-refractivity contribution in [1.29, 1.82) is 0 Å². The van der Waals surface area contributed by atoms with Crippen molar-refractivity contribution in [2.75, 3.05) is 0 Å². The molecule has 0 fully saturated rings. The maximum absolute atomic E-state index is 3.72. The van der Waals surface area contributed by atoms with Crippen LogP contribution in [0.15, 0.2) is 49.1 Å². The van der Waals surface area contributed by atoms with Crippen molar-refractivity contribution in [2.24, 2.45) is 0 Å². The van der Waals surface area contributed by atoms with E-state index in [0.717, 1.165) is 0 Å². The molecule has 1 aromatic rings. The summed E-state index contributed by atoms with van der Waals surface area (Å²) in [4.78, 5) is 0. The van der Waals surface area contributed by atoms with Crippen LogP contribution in [0.3, 0.4) is 0 Å². The van der Waals surface area contributed by atoms with Crippen molar-refractivity contribution in [2.45, 2.75) is 64.7 Å². The summed E-state index contributed by atoms with van der Waals surface area (Å²) in [5.41, 5.74) is 0. The number of hydrogen-bond acceptors (Lipinski definition) is 0. The Labute approximate surface area is 143 Å². The maximum Gasteiger partial charge on any atom is 0 e. The molecule has 19 heavy (non-hydrogen) atoms. The smallest absolute Gasteiger partial charge is 0 e. The van der Waals surface area contributed by atoms with E-state index in [1.54, 1.807) is 0 Å². The standard InChI is InChI=1S/C12H24.C6H6.Na/c1-3-5-7-9-11-12-10-8-6-4-2;1-2-4-6-5-3-1;/h3H,1,4-12H2,2H3;1-6H;. The zero-order valence-electron chi connectivity index (χ0n) is 13.1. The molecule has 0 N–H and O–H groups in total. The summed E-state index contributed by atoms with van der Waals surface area (Å²) in [7, 11) is 0. The van der Waals surface area contributed by atoms with Crippen LogP contribution in [0, 0.1) is 0 Å². The number of unbranched alkanes of at least 4 members (excludes halogenated alkanes) is 8. The van der Waals surface area contributed by atoms with Crippen LogP contribution in [0.4, 0.5) is 0 Å². The minimum absolute atomic E-state index is 0. The molecule has 0 aromatic heterocycles. The molecular formula is C18H30Na. The summed E-state index contributed by atoms with van der Waals surface area (Å²) in [5, 5.41) is 0. The van der Waals surface area contributed by atoms with E-state index in [4.69, 9.17) is 0 Å². The number of rotatable bonds is 9. The Bertz CT molecular complexity index is 216. The van der Waals surface area contributed by atoms with Crippen molar-refractivity contribution in [3.8, 4) is 0 Å². The molecule has 0 amide bonds. The van der Waals surface area contributed by atoms with Crippen LogP contribution in [0.2, 0.25) is 0 Å². The SMILES string of the molecule is C=CCCCCCCCCCC.[Na].c1ccccc1. The van der Waals surface area contributed by atoms with Crippen molar-refractivity contribution in [3.05, 3.63) is 49.1 Å². The van der Waals surface area contributed by atoms with Crippen LogP contribution >= 0.6 is 0 Å². The number of hydrogen-bond donors (Lipinski definition) is 0. The molecule has 0 saturated heterocycles. The predicted octanol–water partition coefficient (Wildman–Crippen LogP) is 6.01. The molecule has 0 heterocycles. The molecule has 1 rings (SSSR count). The molecule has 1 radical (unpaired) electrons. The maximum atomic E-state index is 3.72. The van der Waals surface area contributed by atoms with E-state index in [1.165, 1.54) is 57.8 Å². The van der Waals surface area contributed by atoms with E-state index in [0.29, 0.717) is 0 Å². The van der Waals surface area contributed by atoms with Crippen molar-refractivity contribution >= 4 is 29.6 Å². The zero-order valence-corrected chi connectivity index (χ0v) is 15.1. The van der Waals surface area contributed by atoms with Gasteiger partial charge in [-0.1, -0.05) is 94.3 Å².